The van der Waals surface area contributed by atoms with E-state index in [1.807, 2.05) is 72.8 Å². The molecule has 6 nitrogen and oxygen atoms in total. The van der Waals surface area contributed by atoms with Gasteiger partial charge in [0, 0.05) is 31.1 Å². The number of carbonyl (C=O) groups excluding carboxylic acids is 1. The Kier molecular flexibility index (Phi) is 11.5. The number of halogens is 5. The van der Waals surface area contributed by atoms with Crippen LogP contribution in [0.25, 0.3) is 11.1 Å². The number of carbonyl (C=O) groups is 1. The molecule has 0 saturated carbocycles. The van der Waals surface area contributed by atoms with Gasteiger partial charge in [0.1, 0.15) is 5.56 Å². The number of ether oxygens (including phenoxy) is 2. The van der Waals surface area contributed by atoms with Crippen LogP contribution in [0.1, 0.15) is 70.0 Å². The fraction of sp³-hybridized carbons (Fsp3) is 0.244. The summed E-state index contributed by atoms with van der Waals surface area (Å²) in [6, 6.07) is 32.6. The Hall–Kier alpha value is -4.94. The minimum absolute atomic E-state index is 0.0615. The topological polar surface area (TPSA) is 71.0 Å². The number of likely N-dealkylation sites (N-methyl/N-ethyl adjacent to an activating group) is 1. The first-order valence-electron chi connectivity index (χ1n) is 16.8. The van der Waals surface area contributed by atoms with Gasteiger partial charge in [0.25, 0.3) is 5.91 Å². The van der Waals surface area contributed by atoms with Crippen LogP contribution >= 0.6 is 0 Å². The van der Waals surface area contributed by atoms with Gasteiger partial charge in [-0.05, 0) is 59.5 Å². The van der Waals surface area contributed by atoms with Gasteiger partial charge in [-0.2, -0.15) is 0 Å². The second-order valence-electron chi connectivity index (χ2n) is 12.8. The maximum Gasteiger partial charge on any atom is 0.257 e. The van der Waals surface area contributed by atoms with Crippen molar-refractivity contribution in [3.63, 3.8) is 0 Å². The lowest BCUT2D eigenvalue weighted by Crippen LogP contribution is -2.38. The molecule has 5 aromatic carbocycles. The molecule has 1 aliphatic heterocycles. The van der Waals surface area contributed by atoms with Crippen LogP contribution in [0.3, 0.4) is 0 Å². The molecule has 1 saturated heterocycles. The van der Waals surface area contributed by atoms with E-state index < -0.39 is 46.8 Å². The molecule has 4 atom stereocenters. The Morgan fingerprint density at radius 1 is 0.769 bits per heavy atom. The van der Waals surface area contributed by atoms with Crippen LogP contribution in [-0.4, -0.2) is 35.6 Å². The predicted molar refractivity (Wildman–Crippen MR) is 185 cm³/mol. The number of hydrogen-bond donors (Lipinski definition) is 2. The molecule has 2 N–H and O–H groups in total. The summed E-state index contributed by atoms with van der Waals surface area (Å²) in [4.78, 5) is 14.8. The Labute approximate surface area is 298 Å². The number of benzene rings is 5. The highest BCUT2D eigenvalue weighted by Crippen LogP contribution is 2.39. The number of amides is 1. The molecule has 0 aliphatic carbocycles. The molecule has 1 amide bonds. The molecular weight excluding hydrogens is 679 g/mol. The fourth-order valence-electron chi connectivity index (χ4n) is 6.30. The van der Waals surface area contributed by atoms with E-state index >= 15 is 0 Å². The number of rotatable bonds is 11. The van der Waals surface area contributed by atoms with Crippen LogP contribution in [0.5, 0.6) is 0 Å². The van der Waals surface area contributed by atoms with E-state index in [1.165, 1.54) is 5.56 Å². The van der Waals surface area contributed by atoms with Gasteiger partial charge < -0.3 is 19.9 Å². The zero-order valence-corrected chi connectivity index (χ0v) is 28.5. The van der Waals surface area contributed by atoms with Gasteiger partial charge in [-0.3, -0.25) is 9.69 Å². The van der Waals surface area contributed by atoms with Crippen molar-refractivity contribution in [2.24, 2.45) is 0 Å². The van der Waals surface area contributed by atoms with E-state index in [2.05, 4.69) is 36.3 Å². The Balaban J connectivity index is 1.21. The van der Waals surface area contributed by atoms with Crippen molar-refractivity contribution < 1.29 is 41.3 Å². The highest BCUT2D eigenvalue weighted by Gasteiger charge is 2.34. The molecule has 6 rings (SSSR count). The normalized spacial score (nSPS) is 18.0. The summed E-state index contributed by atoms with van der Waals surface area (Å²) in [6.07, 6.45) is -0.583. The number of nitrogens with zero attached hydrogens (tertiary/aromatic N) is 1. The van der Waals surface area contributed by atoms with Gasteiger partial charge in [-0.25, -0.2) is 22.0 Å². The van der Waals surface area contributed by atoms with Gasteiger partial charge >= 0.3 is 0 Å². The van der Waals surface area contributed by atoms with E-state index in [-0.39, 0.29) is 31.4 Å². The second-order valence-corrected chi connectivity index (χ2v) is 12.8. The lowest BCUT2D eigenvalue weighted by Gasteiger charge is -2.39. The molecule has 52 heavy (non-hydrogen) atoms. The molecule has 11 heteroatoms. The molecule has 1 aliphatic rings. The average Bonchev–Trinajstić information content (AvgIpc) is 3.18. The first kappa shape index (κ1) is 36.8. The number of nitrogens with one attached hydrogen (secondary N) is 1. The maximum atomic E-state index is 14.2. The van der Waals surface area contributed by atoms with Crippen LogP contribution in [0.15, 0.2) is 103 Å². The van der Waals surface area contributed by atoms with Crippen LogP contribution in [0.2, 0.25) is 0 Å². The van der Waals surface area contributed by atoms with E-state index in [0.717, 1.165) is 27.8 Å². The molecule has 0 unspecified atom stereocenters. The van der Waals surface area contributed by atoms with Crippen molar-refractivity contribution in [3.8, 4) is 11.1 Å². The molecule has 0 spiro atoms. The second kappa shape index (κ2) is 16.2. The van der Waals surface area contributed by atoms with E-state index in [1.54, 1.807) is 18.2 Å². The summed E-state index contributed by atoms with van der Waals surface area (Å²) >= 11 is 0. The lowest BCUT2D eigenvalue weighted by atomic mass is 9.98. The first-order chi connectivity index (χ1) is 25.0. The van der Waals surface area contributed by atoms with Crippen molar-refractivity contribution in [1.82, 2.24) is 10.2 Å². The molecule has 1 heterocycles. The summed E-state index contributed by atoms with van der Waals surface area (Å²) in [7, 11) is 2.07. The maximum absolute atomic E-state index is 14.2. The van der Waals surface area contributed by atoms with Crippen molar-refractivity contribution in [2.45, 2.75) is 51.0 Å². The van der Waals surface area contributed by atoms with Crippen LogP contribution in [0.4, 0.5) is 22.0 Å². The minimum atomic E-state index is -2.33. The standard InChI is InChI=1S/C41H37F5N2O4/c1-24(27-9-4-3-5-10-27)48(2)22-32-20-33(28-16-14-25(23-49)15-17-28)52-41(51-32)31-13-7-12-30(19-31)29-11-6-8-26(18-29)21-47-40(50)34-35(42)37(44)39(46)38(45)36(34)43/h3-19,24,32-33,41,49H,20-23H2,1-2H3,(H,47,50)/t24-,32-,33+,41+/m0/s1. The molecular formula is C41H37F5N2O4. The first-order valence-corrected chi connectivity index (χ1v) is 16.8. The summed E-state index contributed by atoms with van der Waals surface area (Å²) < 4.78 is 82.3. The molecule has 5 aromatic rings. The SMILES string of the molecule is C[C@@H](c1ccccc1)N(C)C[C@@H]1C[C@H](c2ccc(CO)cc2)O[C@H](c2cccc(-c3cccc(CNC(=O)c4c(F)c(F)c(F)c(F)c4F)c3)c2)O1. The monoisotopic (exact) mass is 716 g/mol. The summed E-state index contributed by atoms with van der Waals surface area (Å²) in [5.41, 5.74) is 4.23. The van der Waals surface area contributed by atoms with Gasteiger partial charge in [0.05, 0.1) is 18.8 Å². The third-order valence-electron chi connectivity index (χ3n) is 9.36. The Morgan fingerprint density at radius 3 is 2.08 bits per heavy atom. The zero-order valence-electron chi connectivity index (χ0n) is 28.5. The highest BCUT2D eigenvalue weighted by atomic mass is 19.2. The predicted octanol–water partition coefficient (Wildman–Crippen LogP) is 8.71. The van der Waals surface area contributed by atoms with E-state index in [4.69, 9.17) is 9.47 Å². The average molecular weight is 717 g/mol. The minimum Gasteiger partial charge on any atom is -0.392 e. The third kappa shape index (κ3) is 8.08. The summed E-state index contributed by atoms with van der Waals surface area (Å²) in [6.45, 7) is 2.49. The zero-order chi connectivity index (χ0) is 36.9. The van der Waals surface area contributed by atoms with Crippen LogP contribution < -0.4 is 5.32 Å². The summed E-state index contributed by atoms with van der Waals surface area (Å²) in [5.74, 6) is -12.6. The van der Waals surface area contributed by atoms with Gasteiger partial charge in [0.2, 0.25) is 5.82 Å². The highest BCUT2D eigenvalue weighted by molar-refractivity contribution is 5.94. The van der Waals surface area contributed by atoms with Gasteiger partial charge in [-0.15, -0.1) is 0 Å². The summed E-state index contributed by atoms with van der Waals surface area (Å²) in [5, 5.41) is 11.8. The largest absolute Gasteiger partial charge is 0.392 e. The third-order valence-corrected chi connectivity index (χ3v) is 9.36. The molecule has 270 valence electrons. The molecule has 1 fully saturated rings. The molecule has 0 bridgehead atoms. The Bertz CT molecular complexity index is 2000. The lowest BCUT2D eigenvalue weighted by molar-refractivity contribution is -0.253. The van der Waals surface area contributed by atoms with Crippen LogP contribution in [-0.2, 0) is 22.6 Å². The fourth-order valence-corrected chi connectivity index (χ4v) is 6.30. The molecule has 0 aromatic heterocycles. The van der Waals surface area contributed by atoms with Crippen molar-refractivity contribution >= 4 is 5.91 Å². The van der Waals surface area contributed by atoms with Crippen molar-refractivity contribution in [2.75, 3.05) is 13.6 Å². The number of aliphatic hydroxyl groups is 1. The van der Waals surface area contributed by atoms with Gasteiger partial charge in [0.15, 0.2) is 29.6 Å². The number of aliphatic hydroxyl groups excluding tert-OH is 1. The number of hydrogen-bond acceptors (Lipinski definition) is 5. The molecule has 0 radical (unpaired) electrons. The smallest absolute Gasteiger partial charge is 0.257 e. The van der Waals surface area contributed by atoms with Crippen LogP contribution in [0, 0.1) is 29.1 Å². The van der Waals surface area contributed by atoms with E-state index in [0.29, 0.717) is 18.5 Å². The Morgan fingerprint density at radius 2 is 1.40 bits per heavy atom. The van der Waals surface area contributed by atoms with E-state index in [9.17, 15) is 31.9 Å². The quantitative estimate of drug-likeness (QED) is 0.0814. The van der Waals surface area contributed by atoms with Crippen molar-refractivity contribution in [1.29, 1.82) is 0 Å². The van der Waals surface area contributed by atoms with Gasteiger partial charge in [-0.1, -0.05) is 91.0 Å². The van der Waals surface area contributed by atoms with Crippen molar-refractivity contribution in [3.05, 3.63) is 166 Å².